The first kappa shape index (κ1) is 11.0. The summed E-state index contributed by atoms with van der Waals surface area (Å²) in [7, 11) is 0. The van der Waals surface area contributed by atoms with E-state index < -0.39 is 17.7 Å². The number of carbonyl (C=O) groups excluding carboxylic acids is 2. The van der Waals surface area contributed by atoms with Crippen LogP contribution >= 0.6 is 0 Å². The predicted molar refractivity (Wildman–Crippen MR) is 59.7 cm³/mol. The standard InChI is InChI=1S/C13H14O3/c1-2-3-4-8-5-6-9-10(7-8)12(15)13(16)11(9)14/h5-7,13,16H,2-4H2,1H3. The van der Waals surface area contributed by atoms with Crippen molar-refractivity contribution in [2.45, 2.75) is 32.3 Å². The van der Waals surface area contributed by atoms with Gasteiger partial charge in [-0.2, -0.15) is 0 Å². The lowest BCUT2D eigenvalue weighted by Gasteiger charge is -2.02. The molecule has 1 aromatic rings. The van der Waals surface area contributed by atoms with Gasteiger partial charge in [-0.05, 0) is 24.5 Å². The third-order valence-electron chi connectivity index (χ3n) is 2.93. The van der Waals surface area contributed by atoms with Gasteiger partial charge in [-0.1, -0.05) is 25.5 Å². The highest BCUT2D eigenvalue weighted by Crippen LogP contribution is 2.24. The molecule has 0 amide bonds. The van der Waals surface area contributed by atoms with E-state index in [0.717, 1.165) is 24.8 Å². The van der Waals surface area contributed by atoms with Crippen molar-refractivity contribution in [2.75, 3.05) is 0 Å². The maximum Gasteiger partial charge on any atom is 0.200 e. The lowest BCUT2D eigenvalue weighted by molar-refractivity contribution is 0.0663. The summed E-state index contributed by atoms with van der Waals surface area (Å²) in [6.07, 6.45) is 1.58. The molecular formula is C13H14O3. The molecule has 0 bridgehead atoms. The molecule has 0 heterocycles. The molecule has 1 N–H and O–H groups in total. The van der Waals surface area contributed by atoms with E-state index in [0.29, 0.717) is 11.1 Å². The quantitative estimate of drug-likeness (QED) is 0.786. The summed E-state index contributed by atoms with van der Waals surface area (Å²) in [5.41, 5.74) is 1.79. The van der Waals surface area contributed by atoms with E-state index in [-0.39, 0.29) is 0 Å². The van der Waals surface area contributed by atoms with Crippen molar-refractivity contribution in [3.8, 4) is 0 Å². The van der Waals surface area contributed by atoms with E-state index in [9.17, 15) is 14.7 Å². The van der Waals surface area contributed by atoms with Crippen LogP contribution in [0.3, 0.4) is 0 Å². The van der Waals surface area contributed by atoms with Crippen molar-refractivity contribution >= 4 is 11.6 Å². The zero-order valence-corrected chi connectivity index (χ0v) is 9.19. The minimum Gasteiger partial charge on any atom is -0.377 e. The average Bonchev–Trinajstić information content (AvgIpc) is 2.52. The molecule has 3 nitrogen and oxygen atoms in total. The molecule has 0 fully saturated rings. The Bertz CT molecular complexity index is 448. The number of fused-ring (bicyclic) bond motifs is 1. The van der Waals surface area contributed by atoms with E-state index in [1.165, 1.54) is 0 Å². The van der Waals surface area contributed by atoms with Crippen LogP contribution in [0.15, 0.2) is 18.2 Å². The van der Waals surface area contributed by atoms with Gasteiger partial charge >= 0.3 is 0 Å². The maximum atomic E-state index is 11.6. The molecule has 1 aliphatic rings. The van der Waals surface area contributed by atoms with Gasteiger partial charge in [0.05, 0.1) is 0 Å². The highest BCUT2D eigenvalue weighted by molar-refractivity contribution is 6.28. The number of unbranched alkanes of at least 4 members (excludes halogenated alkanes) is 1. The van der Waals surface area contributed by atoms with Crippen molar-refractivity contribution in [2.24, 2.45) is 0 Å². The Morgan fingerprint density at radius 3 is 2.56 bits per heavy atom. The number of hydrogen-bond donors (Lipinski definition) is 1. The molecule has 0 aromatic heterocycles. The van der Waals surface area contributed by atoms with Crippen LogP contribution in [0, 0.1) is 0 Å². The number of rotatable bonds is 3. The highest BCUT2D eigenvalue weighted by Gasteiger charge is 2.36. The summed E-state index contributed by atoms with van der Waals surface area (Å²) < 4.78 is 0. The van der Waals surface area contributed by atoms with Gasteiger partial charge in [0.1, 0.15) is 0 Å². The molecule has 0 aliphatic heterocycles. The van der Waals surface area contributed by atoms with Gasteiger partial charge in [0.25, 0.3) is 0 Å². The van der Waals surface area contributed by atoms with E-state index in [4.69, 9.17) is 0 Å². The zero-order chi connectivity index (χ0) is 11.7. The second-order valence-electron chi connectivity index (χ2n) is 4.11. The molecule has 1 atom stereocenters. The van der Waals surface area contributed by atoms with Crippen molar-refractivity contribution in [3.05, 3.63) is 34.9 Å². The summed E-state index contributed by atoms with van der Waals surface area (Å²) in [6.45, 7) is 2.10. The first-order valence-corrected chi connectivity index (χ1v) is 5.54. The molecule has 16 heavy (non-hydrogen) atoms. The van der Waals surface area contributed by atoms with Gasteiger partial charge in [0.2, 0.25) is 0 Å². The van der Waals surface area contributed by atoms with Gasteiger partial charge in [0.15, 0.2) is 17.7 Å². The van der Waals surface area contributed by atoms with Crippen LogP contribution in [-0.4, -0.2) is 22.8 Å². The zero-order valence-electron chi connectivity index (χ0n) is 9.19. The number of carbonyl (C=O) groups is 2. The second-order valence-corrected chi connectivity index (χ2v) is 4.11. The Morgan fingerprint density at radius 1 is 1.19 bits per heavy atom. The first-order valence-electron chi connectivity index (χ1n) is 5.54. The third-order valence-corrected chi connectivity index (χ3v) is 2.93. The number of aryl methyl sites for hydroxylation is 1. The first-order chi connectivity index (χ1) is 7.65. The van der Waals surface area contributed by atoms with Crippen LogP contribution in [0.5, 0.6) is 0 Å². The van der Waals surface area contributed by atoms with Gasteiger partial charge in [-0.3, -0.25) is 9.59 Å². The number of Topliss-reactive ketones (excluding diaryl/α,β-unsaturated/α-hetero) is 2. The SMILES string of the molecule is CCCCc1ccc2c(c1)C(=O)C(O)C2=O. The van der Waals surface area contributed by atoms with Gasteiger partial charge in [0, 0.05) is 11.1 Å². The molecule has 1 aliphatic carbocycles. The van der Waals surface area contributed by atoms with Crippen LogP contribution < -0.4 is 0 Å². The fraction of sp³-hybridized carbons (Fsp3) is 0.385. The number of ketones is 2. The molecule has 1 unspecified atom stereocenters. The fourth-order valence-electron chi connectivity index (χ4n) is 1.96. The van der Waals surface area contributed by atoms with Crippen molar-refractivity contribution < 1.29 is 14.7 Å². The minimum absolute atomic E-state index is 0.359. The Balaban J connectivity index is 2.34. The van der Waals surface area contributed by atoms with E-state index >= 15 is 0 Å². The average molecular weight is 218 g/mol. The molecular weight excluding hydrogens is 204 g/mol. The van der Waals surface area contributed by atoms with Crippen LogP contribution in [0.2, 0.25) is 0 Å². The summed E-state index contributed by atoms with van der Waals surface area (Å²) in [4.78, 5) is 23.0. The van der Waals surface area contributed by atoms with Crippen molar-refractivity contribution in [1.29, 1.82) is 0 Å². The molecule has 2 rings (SSSR count). The Labute approximate surface area is 94.1 Å². The smallest absolute Gasteiger partial charge is 0.200 e. The molecule has 3 heteroatoms. The second kappa shape index (κ2) is 4.18. The van der Waals surface area contributed by atoms with E-state index in [2.05, 4.69) is 6.92 Å². The summed E-state index contributed by atoms with van der Waals surface area (Å²) in [6, 6.07) is 5.25. The van der Waals surface area contributed by atoms with E-state index in [1.54, 1.807) is 12.1 Å². The van der Waals surface area contributed by atoms with Gasteiger partial charge in [-0.25, -0.2) is 0 Å². The Hall–Kier alpha value is -1.48. The van der Waals surface area contributed by atoms with Crippen LogP contribution in [0.1, 0.15) is 46.0 Å². The predicted octanol–water partition coefficient (Wildman–Crippen LogP) is 1.77. The lowest BCUT2D eigenvalue weighted by atomic mass is 10.0. The molecule has 0 radical (unpaired) electrons. The number of aliphatic hydroxyl groups excluding tert-OH is 1. The summed E-state index contributed by atoms with van der Waals surface area (Å²) in [5, 5.41) is 9.36. The number of hydrogen-bond acceptors (Lipinski definition) is 3. The molecule has 84 valence electrons. The largest absolute Gasteiger partial charge is 0.377 e. The van der Waals surface area contributed by atoms with Gasteiger partial charge in [-0.15, -0.1) is 0 Å². The monoisotopic (exact) mass is 218 g/mol. The Morgan fingerprint density at radius 2 is 1.88 bits per heavy atom. The molecule has 0 saturated carbocycles. The van der Waals surface area contributed by atoms with Crippen LogP contribution in [-0.2, 0) is 6.42 Å². The van der Waals surface area contributed by atoms with Gasteiger partial charge < -0.3 is 5.11 Å². The summed E-state index contributed by atoms with van der Waals surface area (Å²) in [5.74, 6) is -0.930. The normalized spacial score (nSPS) is 19.0. The minimum atomic E-state index is -1.48. The molecule has 0 saturated heterocycles. The summed E-state index contributed by atoms with van der Waals surface area (Å²) >= 11 is 0. The number of benzene rings is 1. The van der Waals surface area contributed by atoms with E-state index in [1.807, 2.05) is 6.07 Å². The van der Waals surface area contributed by atoms with Crippen LogP contribution in [0.25, 0.3) is 0 Å². The number of aliphatic hydroxyl groups is 1. The topological polar surface area (TPSA) is 54.4 Å². The lowest BCUT2D eigenvalue weighted by Crippen LogP contribution is -2.20. The highest BCUT2D eigenvalue weighted by atomic mass is 16.3. The van der Waals surface area contributed by atoms with Crippen LogP contribution in [0.4, 0.5) is 0 Å². The third kappa shape index (κ3) is 1.67. The van der Waals surface area contributed by atoms with Crippen molar-refractivity contribution in [3.63, 3.8) is 0 Å². The Kier molecular flexibility index (Phi) is 2.88. The molecule has 0 spiro atoms. The molecule has 1 aromatic carbocycles. The fourth-order valence-corrected chi connectivity index (χ4v) is 1.96. The maximum absolute atomic E-state index is 11.6. The van der Waals surface area contributed by atoms with Crippen molar-refractivity contribution in [1.82, 2.24) is 0 Å².